The molecule has 0 unspecified atom stereocenters. The minimum absolute atomic E-state index is 0.0576. The highest BCUT2D eigenvalue weighted by atomic mass is 19.1. The molecular formula is C19H23FN4O. The molecule has 1 amide bonds. The van der Waals surface area contributed by atoms with Gasteiger partial charge in [-0.05, 0) is 44.4 Å². The van der Waals surface area contributed by atoms with Crippen molar-refractivity contribution in [2.75, 3.05) is 18.0 Å². The van der Waals surface area contributed by atoms with E-state index in [1.54, 1.807) is 12.1 Å². The lowest BCUT2D eigenvalue weighted by Gasteiger charge is -2.33. The van der Waals surface area contributed by atoms with Crippen molar-refractivity contribution < 1.29 is 9.18 Å². The van der Waals surface area contributed by atoms with Gasteiger partial charge in [-0.1, -0.05) is 12.1 Å². The van der Waals surface area contributed by atoms with Crippen LogP contribution in [0.4, 0.5) is 10.2 Å². The zero-order valence-electron chi connectivity index (χ0n) is 14.6. The predicted octanol–water partition coefficient (Wildman–Crippen LogP) is 2.56. The molecule has 0 saturated carbocycles. The minimum atomic E-state index is -0.311. The van der Waals surface area contributed by atoms with Crippen molar-refractivity contribution in [2.45, 2.75) is 39.2 Å². The van der Waals surface area contributed by atoms with Gasteiger partial charge < -0.3 is 10.2 Å². The number of aryl methyl sites for hydroxylation is 2. The lowest BCUT2D eigenvalue weighted by molar-refractivity contribution is -0.121. The maximum atomic E-state index is 13.2. The fraction of sp³-hybridized carbons (Fsp3) is 0.421. The van der Waals surface area contributed by atoms with E-state index in [0.717, 1.165) is 43.3 Å². The summed E-state index contributed by atoms with van der Waals surface area (Å²) in [5.41, 5.74) is 1.66. The summed E-state index contributed by atoms with van der Waals surface area (Å²) in [4.78, 5) is 23.2. The van der Waals surface area contributed by atoms with Crippen LogP contribution in [0.2, 0.25) is 0 Å². The molecule has 3 rings (SSSR count). The topological polar surface area (TPSA) is 58.1 Å². The molecule has 6 heteroatoms. The summed E-state index contributed by atoms with van der Waals surface area (Å²) >= 11 is 0. The standard InChI is InChI=1S/C19H23FN4O/c1-13-10-18(22-14(2)21-13)24-8-6-17(7-9-24)23-19(25)12-15-4-3-5-16(20)11-15/h3-5,10-11,17H,6-9,12H2,1-2H3,(H,23,25). The van der Waals surface area contributed by atoms with Crippen LogP contribution in [-0.2, 0) is 11.2 Å². The van der Waals surface area contributed by atoms with E-state index in [4.69, 9.17) is 0 Å². The van der Waals surface area contributed by atoms with E-state index < -0.39 is 0 Å². The fourth-order valence-electron chi connectivity index (χ4n) is 3.22. The van der Waals surface area contributed by atoms with E-state index in [9.17, 15) is 9.18 Å². The molecule has 1 aliphatic rings. The number of benzene rings is 1. The van der Waals surface area contributed by atoms with Crippen LogP contribution in [0.25, 0.3) is 0 Å². The molecule has 1 N–H and O–H groups in total. The van der Waals surface area contributed by atoms with Gasteiger partial charge in [0.25, 0.3) is 0 Å². The van der Waals surface area contributed by atoms with Crippen molar-refractivity contribution in [3.63, 3.8) is 0 Å². The van der Waals surface area contributed by atoms with E-state index in [0.29, 0.717) is 5.56 Å². The van der Waals surface area contributed by atoms with E-state index in [-0.39, 0.29) is 24.2 Å². The number of piperidine rings is 1. The zero-order chi connectivity index (χ0) is 17.8. The molecule has 1 saturated heterocycles. The highest BCUT2D eigenvalue weighted by molar-refractivity contribution is 5.78. The SMILES string of the molecule is Cc1cc(N2CCC(NC(=O)Cc3cccc(F)c3)CC2)nc(C)n1. The van der Waals surface area contributed by atoms with Crippen molar-refractivity contribution in [2.24, 2.45) is 0 Å². The van der Waals surface area contributed by atoms with Crippen molar-refractivity contribution in [3.05, 3.63) is 53.2 Å². The van der Waals surface area contributed by atoms with E-state index in [2.05, 4.69) is 20.2 Å². The average molecular weight is 342 g/mol. The molecule has 0 atom stereocenters. The van der Waals surface area contributed by atoms with Crippen molar-refractivity contribution >= 4 is 11.7 Å². The van der Waals surface area contributed by atoms with Gasteiger partial charge in [-0.25, -0.2) is 14.4 Å². The Kier molecular flexibility index (Phi) is 5.26. The molecule has 1 aliphatic heterocycles. The van der Waals surface area contributed by atoms with Crippen LogP contribution in [0.3, 0.4) is 0 Å². The number of carbonyl (C=O) groups is 1. The van der Waals surface area contributed by atoms with Gasteiger partial charge >= 0.3 is 0 Å². The Morgan fingerprint density at radius 1 is 1.24 bits per heavy atom. The predicted molar refractivity (Wildman–Crippen MR) is 95.0 cm³/mol. The molecule has 0 aliphatic carbocycles. The minimum Gasteiger partial charge on any atom is -0.356 e. The van der Waals surface area contributed by atoms with Gasteiger partial charge in [0.05, 0.1) is 6.42 Å². The second kappa shape index (κ2) is 7.59. The molecular weight excluding hydrogens is 319 g/mol. The van der Waals surface area contributed by atoms with Crippen LogP contribution in [0.15, 0.2) is 30.3 Å². The number of amides is 1. The Bertz CT molecular complexity index is 737. The first kappa shape index (κ1) is 17.3. The number of nitrogens with zero attached hydrogens (tertiary/aromatic N) is 3. The summed E-state index contributed by atoms with van der Waals surface area (Å²) in [5.74, 6) is 1.36. The number of halogens is 1. The maximum absolute atomic E-state index is 13.2. The number of anilines is 1. The van der Waals surface area contributed by atoms with Crippen LogP contribution in [0.1, 0.15) is 29.9 Å². The molecule has 0 radical (unpaired) electrons. The van der Waals surface area contributed by atoms with Gasteiger partial charge in [0.1, 0.15) is 17.5 Å². The van der Waals surface area contributed by atoms with Gasteiger partial charge in [0, 0.05) is 30.9 Å². The van der Waals surface area contributed by atoms with Crippen molar-refractivity contribution in [1.82, 2.24) is 15.3 Å². The normalized spacial score (nSPS) is 15.2. The molecule has 0 spiro atoms. The molecule has 2 aromatic rings. The second-order valence-corrected chi connectivity index (χ2v) is 6.55. The summed E-state index contributed by atoms with van der Waals surface area (Å²) in [6.07, 6.45) is 1.95. The average Bonchev–Trinajstić information content (AvgIpc) is 2.54. The summed E-state index contributed by atoms with van der Waals surface area (Å²) in [6.45, 7) is 5.56. The Labute approximate surface area is 147 Å². The van der Waals surface area contributed by atoms with E-state index in [1.165, 1.54) is 12.1 Å². The number of aromatic nitrogens is 2. The second-order valence-electron chi connectivity index (χ2n) is 6.55. The Morgan fingerprint density at radius 2 is 2.00 bits per heavy atom. The number of nitrogens with one attached hydrogen (secondary N) is 1. The third-order valence-electron chi connectivity index (χ3n) is 4.39. The first-order valence-electron chi connectivity index (χ1n) is 8.60. The molecule has 0 bridgehead atoms. The van der Waals surface area contributed by atoms with Gasteiger partial charge in [-0.15, -0.1) is 0 Å². The van der Waals surface area contributed by atoms with Crippen LogP contribution in [0, 0.1) is 19.7 Å². The molecule has 5 nitrogen and oxygen atoms in total. The number of carbonyl (C=O) groups excluding carboxylic acids is 1. The summed E-state index contributed by atoms with van der Waals surface area (Å²) < 4.78 is 13.2. The first-order chi connectivity index (χ1) is 12.0. The summed E-state index contributed by atoms with van der Waals surface area (Å²) in [5, 5.41) is 3.06. The number of hydrogen-bond donors (Lipinski definition) is 1. The Balaban J connectivity index is 1.51. The van der Waals surface area contributed by atoms with Crippen LogP contribution in [0.5, 0.6) is 0 Å². The third-order valence-corrected chi connectivity index (χ3v) is 4.39. The summed E-state index contributed by atoms with van der Waals surface area (Å²) in [6, 6.07) is 8.33. The van der Waals surface area contributed by atoms with Gasteiger partial charge in [0.15, 0.2) is 0 Å². The largest absolute Gasteiger partial charge is 0.356 e. The quantitative estimate of drug-likeness (QED) is 0.928. The zero-order valence-corrected chi connectivity index (χ0v) is 14.6. The highest BCUT2D eigenvalue weighted by Crippen LogP contribution is 2.19. The molecule has 1 aromatic carbocycles. The van der Waals surface area contributed by atoms with Crippen LogP contribution in [-0.4, -0.2) is 35.0 Å². The molecule has 132 valence electrons. The molecule has 1 fully saturated rings. The Morgan fingerprint density at radius 3 is 2.68 bits per heavy atom. The highest BCUT2D eigenvalue weighted by Gasteiger charge is 2.22. The number of rotatable bonds is 4. The third kappa shape index (κ3) is 4.75. The maximum Gasteiger partial charge on any atom is 0.224 e. The van der Waals surface area contributed by atoms with Gasteiger partial charge in [-0.2, -0.15) is 0 Å². The van der Waals surface area contributed by atoms with Gasteiger partial charge in [0.2, 0.25) is 5.91 Å². The summed E-state index contributed by atoms with van der Waals surface area (Å²) in [7, 11) is 0. The molecule has 2 heterocycles. The Hall–Kier alpha value is -2.50. The lowest BCUT2D eigenvalue weighted by Crippen LogP contribution is -2.45. The van der Waals surface area contributed by atoms with E-state index >= 15 is 0 Å². The molecule has 1 aromatic heterocycles. The monoisotopic (exact) mass is 342 g/mol. The van der Waals surface area contributed by atoms with Crippen molar-refractivity contribution in [3.8, 4) is 0 Å². The number of hydrogen-bond acceptors (Lipinski definition) is 4. The molecule has 25 heavy (non-hydrogen) atoms. The fourth-order valence-corrected chi connectivity index (χ4v) is 3.22. The van der Waals surface area contributed by atoms with Crippen LogP contribution < -0.4 is 10.2 Å². The van der Waals surface area contributed by atoms with Crippen LogP contribution >= 0.6 is 0 Å². The lowest BCUT2D eigenvalue weighted by atomic mass is 10.0. The van der Waals surface area contributed by atoms with Gasteiger partial charge in [-0.3, -0.25) is 4.79 Å². The smallest absolute Gasteiger partial charge is 0.224 e. The van der Waals surface area contributed by atoms with E-state index in [1.807, 2.05) is 19.9 Å². The first-order valence-corrected chi connectivity index (χ1v) is 8.60. The van der Waals surface area contributed by atoms with Crippen molar-refractivity contribution in [1.29, 1.82) is 0 Å².